The molecule has 6 nitrogen and oxygen atoms in total. The second-order valence-corrected chi connectivity index (χ2v) is 4.73. The Bertz CT molecular complexity index is 838. The fraction of sp³-hybridized carbons (Fsp3) is 0.375. The average Bonchev–Trinajstić information content (AvgIpc) is 2.61. The van der Waals surface area contributed by atoms with Gasteiger partial charge < -0.3 is 4.57 Å². The van der Waals surface area contributed by atoms with Crippen molar-refractivity contribution in [2.75, 3.05) is 0 Å². The summed E-state index contributed by atoms with van der Waals surface area (Å²) in [5, 5.41) is -4.17. The van der Waals surface area contributed by atoms with Crippen LogP contribution in [0, 0.1) is 0 Å². The van der Waals surface area contributed by atoms with Crippen LogP contribution in [0.4, 0.5) is 0 Å². The van der Waals surface area contributed by atoms with Crippen molar-refractivity contribution < 1.29 is 0 Å². The molecular weight excluding hydrogens is 260 g/mol. The maximum Gasteiger partial charge on any atom is 0.330 e. The van der Waals surface area contributed by atoms with E-state index in [0.29, 0.717) is 9.13 Å². The second kappa shape index (κ2) is 4.55. The minimum Gasteiger partial charge on any atom is -0.352 e. The van der Waals surface area contributed by atoms with Crippen molar-refractivity contribution >= 4 is 71.8 Å². The van der Waals surface area contributed by atoms with Crippen molar-refractivity contribution in [1.82, 2.24) is 18.7 Å². The molecule has 0 aliphatic rings. The first kappa shape index (κ1) is 16.0. The van der Waals surface area contributed by atoms with Crippen molar-refractivity contribution in [1.29, 1.82) is 0 Å². The molecule has 2 heterocycles. The van der Waals surface area contributed by atoms with Crippen LogP contribution in [-0.2, 0) is 17.5 Å². The molecule has 0 bridgehead atoms. The molecule has 0 saturated heterocycles. The summed E-state index contributed by atoms with van der Waals surface area (Å²) in [6.45, 7) is 0. The van der Waals surface area contributed by atoms with Crippen molar-refractivity contribution in [2.45, 2.75) is 10.5 Å². The lowest BCUT2D eigenvalue weighted by atomic mass is 9.49. The van der Waals surface area contributed by atoms with Crippen molar-refractivity contribution in [3.63, 3.8) is 0 Å². The third-order valence-corrected chi connectivity index (χ3v) is 2.86. The highest BCUT2D eigenvalue weighted by Crippen LogP contribution is 2.13. The smallest absolute Gasteiger partial charge is 0.330 e. The standard InChI is InChI=1S/C8H3B7N4O2/c1-17-4(20)2-3(19(6(17)21)8(13,14)15)16-5(9)18(2)7(10,11)12/h1H3. The average molecular weight is 263 g/mol. The largest absolute Gasteiger partial charge is 0.352 e. The Morgan fingerprint density at radius 2 is 1.43 bits per heavy atom. The van der Waals surface area contributed by atoms with Gasteiger partial charge in [-0.25, -0.2) is 9.78 Å². The van der Waals surface area contributed by atoms with Gasteiger partial charge in [-0.3, -0.25) is 13.9 Å². The van der Waals surface area contributed by atoms with Crippen LogP contribution in [-0.4, -0.2) is 73.6 Å². The molecule has 0 saturated carbocycles. The van der Waals surface area contributed by atoms with Crippen LogP contribution in [0.15, 0.2) is 9.59 Å². The molecule has 0 N–H and O–H groups in total. The minimum absolute atomic E-state index is 0.257. The predicted molar refractivity (Wildman–Crippen MR) is 85.1 cm³/mol. The van der Waals surface area contributed by atoms with E-state index < -0.39 is 21.7 Å². The van der Waals surface area contributed by atoms with Crippen LogP contribution in [0.1, 0.15) is 0 Å². The van der Waals surface area contributed by atoms with Gasteiger partial charge in [0.25, 0.3) is 5.56 Å². The topological polar surface area (TPSA) is 61.8 Å². The van der Waals surface area contributed by atoms with Crippen LogP contribution in [0.2, 0.25) is 0 Å². The maximum atomic E-state index is 12.3. The Hall–Kier alpha value is -1.40. The Morgan fingerprint density at radius 1 is 0.952 bits per heavy atom. The zero-order chi connectivity index (χ0) is 16.3. The van der Waals surface area contributed by atoms with Gasteiger partial charge in [0.2, 0.25) is 0 Å². The molecule has 13 heteroatoms. The number of hydrogen-bond acceptors (Lipinski definition) is 3. The fourth-order valence-electron chi connectivity index (χ4n) is 2.00. The summed E-state index contributed by atoms with van der Waals surface area (Å²) in [6.07, 6.45) is 0. The summed E-state index contributed by atoms with van der Waals surface area (Å²) in [7, 11) is 40.1. The minimum atomic E-state index is -2.13. The molecule has 0 aliphatic carbocycles. The highest BCUT2D eigenvalue weighted by Gasteiger charge is 2.27. The summed E-state index contributed by atoms with van der Waals surface area (Å²) >= 11 is 0. The van der Waals surface area contributed by atoms with Gasteiger partial charge >= 0.3 is 5.69 Å². The first-order chi connectivity index (χ1) is 9.37. The van der Waals surface area contributed by atoms with Crippen LogP contribution < -0.4 is 17.0 Å². The van der Waals surface area contributed by atoms with Crippen LogP contribution in [0.3, 0.4) is 0 Å². The Balaban J connectivity index is 3.18. The van der Waals surface area contributed by atoms with Gasteiger partial charge in [0.05, 0.1) is 52.8 Å². The van der Waals surface area contributed by atoms with E-state index in [-0.39, 0.29) is 16.9 Å². The third kappa shape index (κ3) is 2.36. The lowest BCUT2D eigenvalue weighted by Gasteiger charge is -2.27. The molecule has 14 radical (unpaired) electrons. The Kier molecular flexibility index (Phi) is 3.46. The number of rotatable bonds is 2. The summed E-state index contributed by atoms with van der Waals surface area (Å²) in [6, 6.07) is 0. The zero-order valence-electron chi connectivity index (χ0n) is 11.1. The molecular formula is C8H3B7N4O2. The Labute approximate surface area is 129 Å². The van der Waals surface area contributed by atoms with E-state index >= 15 is 0 Å². The number of hydrogen-bond donors (Lipinski definition) is 0. The molecule has 0 aliphatic heterocycles. The zero-order valence-corrected chi connectivity index (χ0v) is 11.1. The van der Waals surface area contributed by atoms with Gasteiger partial charge in [0.1, 0.15) is 5.52 Å². The van der Waals surface area contributed by atoms with Gasteiger partial charge in [0, 0.05) is 7.05 Å². The van der Waals surface area contributed by atoms with Gasteiger partial charge in [0.15, 0.2) is 13.5 Å². The maximum absolute atomic E-state index is 12.3. The number of fused-ring (bicyclic) bond motifs is 1. The summed E-state index contributed by atoms with van der Waals surface area (Å²) < 4.78 is 2.24. The van der Waals surface area contributed by atoms with E-state index in [1.54, 1.807) is 0 Å². The molecule has 0 atom stereocenters. The third-order valence-electron chi connectivity index (χ3n) is 2.86. The van der Waals surface area contributed by atoms with Crippen LogP contribution in [0.25, 0.3) is 11.2 Å². The lowest BCUT2D eigenvalue weighted by Crippen LogP contribution is -2.50. The van der Waals surface area contributed by atoms with E-state index in [4.69, 9.17) is 54.9 Å². The SMILES string of the molecule is [B]c1nc2c(c(=O)n(C)c(=O)n2C([B])([B])[B])n1C([B])([B])[B]. The fourth-order valence-corrected chi connectivity index (χ4v) is 2.00. The van der Waals surface area contributed by atoms with Gasteiger partial charge in [-0.1, -0.05) is 10.5 Å². The highest BCUT2D eigenvalue weighted by molar-refractivity contribution is 6.58. The molecule has 0 aromatic carbocycles. The number of imidazole rings is 1. The first-order valence-electron chi connectivity index (χ1n) is 5.61. The van der Waals surface area contributed by atoms with E-state index in [0.717, 1.165) is 4.57 Å². The van der Waals surface area contributed by atoms with Crippen molar-refractivity contribution in [3.05, 3.63) is 20.8 Å². The lowest BCUT2D eigenvalue weighted by molar-refractivity contribution is 0.655. The van der Waals surface area contributed by atoms with E-state index in [1.165, 1.54) is 7.05 Å². The Morgan fingerprint density at radius 3 is 1.86 bits per heavy atom. The first-order valence-corrected chi connectivity index (χ1v) is 5.61. The molecule has 21 heavy (non-hydrogen) atoms. The molecule has 88 valence electrons. The summed E-state index contributed by atoms with van der Waals surface area (Å²) in [5.74, 6) is 0. The summed E-state index contributed by atoms with van der Waals surface area (Å²) in [5.41, 5.74) is -2.52. The van der Waals surface area contributed by atoms with Crippen LogP contribution >= 0.6 is 0 Å². The molecule has 2 aromatic heterocycles. The quantitative estimate of drug-likeness (QED) is 0.509. The van der Waals surface area contributed by atoms with Gasteiger partial charge in [-0.05, 0) is 0 Å². The van der Waals surface area contributed by atoms with E-state index in [9.17, 15) is 9.59 Å². The number of nitrogens with zero attached hydrogens (tertiary/aromatic N) is 4. The molecule has 0 unspecified atom stereocenters. The number of aromatic nitrogens is 4. The second-order valence-electron chi connectivity index (χ2n) is 4.73. The van der Waals surface area contributed by atoms with Gasteiger partial charge in [-0.2, -0.15) is 0 Å². The highest BCUT2D eigenvalue weighted by atomic mass is 16.2. The monoisotopic (exact) mass is 264 g/mol. The van der Waals surface area contributed by atoms with E-state index in [2.05, 4.69) is 4.98 Å². The molecule has 0 amide bonds. The van der Waals surface area contributed by atoms with Crippen molar-refractivity contribution in [2.24, 2.45) is 7.05 Å². The molecule has 2 rings (SSSR count). The summed E-state index contributed by atoms with van der Waals surface area (Å²) in [4.78, 5) is 28.2. The van der Waals surface area contributed by atoms with Crippen molar-refractivity contribution in [3.8, 4) is 0 Å². The predicted octanol–water partition coefficient (Wildman–Crippen LogP) is -5.16. The van der Waals surface area contributed by atoms with Crippen LogP contribution in [0.5, 0.6) is 0 Å². The molecule has 0 spiro atoms. The van der Waals surface area contributed by atoms with Gasteiger partial charge in [-0.15, -0.1) is 0 Å². The molecule has 2 aromatic rings. The normalized spacial score (nSPS) is 12.8. The van der Waals surface area contributed by atoms with E-state index in [1.807, 2.05) is 0 Å². The molecule has 0 fully saturated rings.